The normalized spacial score (nSPS) is 21.9. The number of carbonyl (C=O) groups excluding carboxylic acids is 1. The number of benzene rings is 1. The minimum Gasteiger partial charge on any atom is -0.479 e. The molecule has 1 amide bonds. The maximum absolute atomic E-state index is 12.3. The van der Waals surface area contributed by atoms with Crippen LogP contribution in [0.5, 0.6) is 5.75 Å². The Morgan fingerprint density at radius 2 is 2.00 bits per heavy atom. The molecule has 1 fully saturated rings. The van der Waals surface area contributed by atoms with E-state index >= 15 is 0 Å². The monoisotopic (exact) mass is 287 g/mol. The Bertz CT molecular complexity index is 507. The van der Waals surface area contributed by atoms with E-state index in [2.05, 4.69) is 5.32 Å². The van der Waals surface area contributed by atoms with Crippen LogP contribution in [0, 0.1) is 17.2 Å². The molecule has 1 saturated carbocycles. The zero-order valence-electron chi connectivity index (χ0n) is 12.0. The number of carbonyl (C=O) groups is 1. The van der Waals surface area contributed by atoms with Gasteiger partial charge in [0.15, 0.2) is 6.61 Å². The lowest BCUT2D eigenvalue weighted by atomic mass is 9.94. The average molecular weight is 287 g/mol. The maximum atomic E-state index is 12.3. The van der Waals surface area contributed by atoms with Crippen molar-refractivity contribution in [1.82, 2.24) is 0 Å². The first-order chi connectivity index (χ1) is 10.2. The van der Waals surface area contributed by atoms with Crippen LogP contribution in [0.15, 0.2) is 24.3 Å². The van der Waals surface area contributed by atoms with Gasteiger partial charge in [0.2, 0.25) is 5.91 Å². The van der Waals surface area contributed by atoms with Crippen LogP contribution in [0.25, 0.3) is 0 Å². The second-order valence-corrected chi connectivity index (χ2v) is 5.37. The van der Waals surface area contributed by atoms with Crippen molar-refractivity contribution in [2.75, 3.05) is 11.9 Å². The van der Waals surface area contributed by atoms with Crippen molar-refractivity contribution in [3.8, 4) is 11.8 Å². The van der Waals surface area contributed by atoms with Gasteiger partial charge in [-0.05, 0) is 37.1 Å². The molecule has 5 nitrogen and oxygen atoms in total. The van der Waals surface area contributed by atoms with Crippen molar-refractivity contribution in [3.63, 3.8) is 0 Å². The molecule has 0 spiro atoms. The molecule has 1 aromatic rings. The molecule has 1 aliphatic carbocycles. The minimum absolute atomic E-state index is 0.00454. The van der Waals surface area contributed by atoms with Gasteiger partial charge in [0.25, 0.3) is 0 Å². The first-order valence-electron chi connectivity index (χ1n) is 7.37. The number of hydrogen-bond donors (Lipinski definition) is 2. The molecule has 0 heterocycles. The van der Waals surface area contributed by atoms with Crippen molar-refractivity contribution in [1.29, 1.82) is 5.26 Å². The topological polar surface area (TPSA) is 88.1 Å². The van der Waals surface area contributed by atoms with Crippen LogP contribution in [-0.4, -0.2) is 18.6 Å². The highest BCUT2D eigenvalue weighted by Crippen LogP contribution is 2.24. The molecule has 1 aromatic carbocycles. The largest absolute Gasteiger partial charge is 0.479 e. The molecule has 5 heteroatoms. The van der Waals surface area contributed by atoms with E-state index in [4.69, 9.17) is 15.7 Å². The SMILES string of the molecule is N#CCOc1ccc(NC(=O)C2CCCCCC2N)cc1. The Kier molecular flexibility index (Phi) is 5.59. The molecule has 2 rings (SSSR count). The third-order valence-corrected chi connectivity index (χ3v) is 3.83. The number of amides is 1. The summed E-state index contributed by atoms with van der Waals surface area (Å²) in [5, 5.41) is 11.4. The molecule has 1 aliphatic rings. The van der Waals surface area contributed by atoms with Crippen LogP contribution in [0.1, 0.15) is 32.1 Å². The molecule has 0 bridgehead atoms. The Morgan fingerprint density at radius 1 is 1.29 bits per heavy atom. The lowest BCUT2D eigenvalue weighted by molar-refractivity contribution is -0.120. The number of hydrogen-bond acceptors (Lipinski definition) is 4. The predicted molar refractivity (Wildman–Crippen MR) is 80.7 cm³/mol. The summed E-state index contributed by atoms with van der Waals surface area (Å²) in [5.74, 6) is 0.498. The zero-order chi connectivity index (χ0) is 15.1. The van der Waals surface area contributed by atoms with Gasteiger partial charge in [-0.3, -0.25) is 4.79 Å². The van der Waals surface area contributed by atoms with E-state index < -0.39 is 0 Å². The van der Waals surface area contributed by atoms with Crippen LogP contribution >= 0.6 is 0 Å². The Balaban J connectivity index is 1.94. The van der Waals surface area contributed by atoms with Crippen LogP contribution in [0.2, 0.25) is 0 Å². The number of nitrogens with one attached hydrogen (secondary N) is 1. The molecule has 0 saturated heterocycles. The average Bonchev–Trinajstić information content (AvgIpc) is 2.71. The zero-order valence-corrected chi connectivity index (χ0v) is 12.0. The van der Waals surface area contributed by atoms with E-state index in [9.17, 15) is 4.79 Å². The number of nitriles is 1. The van der Waals surface area contributed by atoms with Crippen LogP contribution in [0.3, 0.4) is 0 Å². The fraction of sp³-hybridized carbons (Fsp3) is 0.500. The minimum atomic E-state index is -0.109. The van der Waals surface area contributed by atoms with Gasteiger partial charge in [-0.1, -0.05) is 19.3 Å². The summed E-state index contributed by atoms with van der Waals surface area (Å²) in [6.07, 6.45) is 5.10. The summed E-state index contributed by atoms with van der Waals surface area (Å²) in [5.41, 5.74) is 6.82. The third kappa shape index (κ3) is 4.47. The van der Waals surface area contributed by atoms with Crippen molar-refractivity contribution < 1.29 is 9.53 Å². The van der Waals surface area contributed by atoms with Crippen LogP contribution < -0.4 is 15.8 Å². The second-order valence-electron chi connectivity index (χ2n) is 5.37. The van der Waals surface area contributed by atoms with E-state index in [1.165, 1.54) is 0 Å². The third-order valence-electron chi connectivity index (χ3n) is 3.83. The van der Waals surface area contributed by atoms with Gasteiger partial charge in [-0.15, -0.1) is 0 Å². The van der Waals surface area contributed by atoms with Crippen molar-refractivity contribution in [3.05, 3.63) is 24.3 Å². The molecular formula is C16H21N3O2. The second kappa shape index (κ2) is 7.65. The fourth-order valence-corrected chi connectivity index (χ4v) is 2.65. The van der Waals surface area contributed by atoms with Gasteiger partial charge in [-0.25, -0.2) is 0 Å². The molecule has 0 radical (unpaired) electrons. The number of rotatable bonds is 4. The van der Waals surface area contributed by atoms with E-state index in [-0.39, 0.29) is 24.5 Å². The van der Waals surface area contributed by atoms with E-state index in [0.717, 1.165) is 37.8 Å². The summed E-state index contributed by atoms with van der Waals surface area (Å²) in [7, 11) is 0. The first-order valence-corrected chi connectivity index (χ1v) is 7.37. The van der Waals surface area contributed by atoms with Crippen molar-refractivity contribution in [2.45, 2.75) is 38.1 Å². The highest BCUT2D eigenvalue weighted by Gasteiger charge is 2.26. The van der Waals surface area contributed by atoms with Crippen molar-refractivity contribution >= 4 is 11.6 Å². The van der Waals surface area contributed by atoms with Crippen LogP contribution in [0.4, 0.5) is 5.69 Å². The van der Waals surface area contributed by atoms with Crippen molar-refractivity contribution in [2.24, 2.45) is 11.7 Å². The summed E-state index contributed by atoms with van der Waals surface area (Å²) in [6.45, 7) is 0.0165. The Labute approximate surface area is 125 Å². The summed E-state index contributed by atoms with van der Waals surface area (Å²) >= 11 is 0. The van der Waals surface area contributed by atoms with E-state index in [1.807, 2.05) is 6.07 Å². The van der Waals surface area contributed by atoms with Gasteiger partial charge in [-0.2, -0.15) is 5.26 Å². The van der Waals surface area contributed by atoms with E-state index in [0.29, 0.717) is 5.75 Å². The van der Waals surface area contributed by atoms with Gasteiger partial charge in [0, 0.05) is 11.7 Å². The molecule has 2 unspecified atom stereocenters. The highest BCUT2D eigenvalue weighted by atomic mass is 16.5. The van der Waals surface area contributed by atoms with Crippen LogP contribution in [-0.2, 0) is 4.79 Å². The maximum Gasteiger partial charge on any atom is 0.229 e. The molecule has 112 valence electrons. The number of nitrogens with two attached hydrogens (primary N) is 1. The molecular weight excluding hydrogens is 266 g/mol. The van der Waals surface area contributed by atoms with Gasteiger partial charge in [0.05, 0.1) is 5.92 Å². The summed E-state index contributed by atoms with van der Waals surface area (Å²) < 4.78 is 5.17. The fourth-order valence-electron chi connectivity index (χ4n) is 2.65. The highest BCUT2D eigenvalue weighted by molar-refractivity contribution is 5.93. The molecule has 21 heavy (non-hydrogen) atoms. The smallest absolute Gasteiger partial charge is 0.229 e. The predicted octanol–water partition coefficient (Wildman–Crippen LogP) is 2.44. The van der Waals surface area contributed by atoms with E-state index in [1.54, 1.807) is 24.3 Å². The number of nitrogens with zero attached hydrogens (tertiary/aromatic N) is 1. The van der Waals surface area contributed by atoms with Gasteiger partial charge in [0.1, 0.15) is 11.8 Å². The molecule has 0 aliphatic heterocycles. The molecule has 2 atom stereocenters. The molecule has 0 aromatic heterocycles. The quantitative estimate of drug-likeness (QED) is 0.832. The number of ether oxygens (including phenoxy) is 1. The lowest BCUT2D eigenvalue weighted by Crippen LogP contribution is -2.37. The first kappa shape index (κ1) is 15.3. The van der Waals surface area contributed by atoms with Gasteiger partial charge >= 0.3 is 0 Å². The molecule has 3 N–H and O–H groups in total. The Hall–Kier alpha value is -2.06. The standard InChI is InChI=1S/C16H21N3O2/c17-10-11-21-13-8-6-12(7-9-13)19-16(20)14-4-2-1-3-5-15(14)18/h6-9,14-15H,1-5,11,18H2,(H,19,20). The number of anilines is 1. The van der Waals surface area contributed by atoms with Gasteiger partial charge < -0.3 is 15.8 Å². The summed E-state index contributed by atoms with van der Waals surface area (Å²) in [4.78, 5) is 12.3. The lowest BCUT2D eigenvalue weighted by Gasteiger charge is -2.20. The summed E-state index contributed by atoms with van der Waals surface area (Å²) in [6, 6.07) is 8.87. The Morgan fingerprint density at radius 3 is 2.71 bits per heavy atom.